The van der Waals surface area contributed by atoms with E-state index in [1.807, 2.05) is 18.2 Å². The van der Waals surface area contributed by atoms with Crippen LogP contribution in [0.25, 0.3) is 111 Å². The van der Waals surface area contributed by atoms with Gasteiger partial charge in [-0.15, -0.1) is 0 Å². The highest BCUT2D eigenvalue weighted by atomic mass is 16.3. The van der Waals surface area contributed by atoms with Crippen molar-refractivity contribution < 1.29 is 4.42 Å². The summed E-state index contributed by atoms with van der Waals surface area (Å²) >= 11 is 0. The van der Waals surface area contributed by atoms with Crippen molar-refractivity contribution in [3.8, 4) is 44.5 Å². The number of fused-ring (bicyclic) bond motifs is 7. The molecule has 0 amide bonds. The van der Waals surface area contributed by atoms with Crippen molar-refractivity contribution >= 4 is 66.4 Å². The zero-order valence-corrected chi connectivity index (χ0v) is 29.1. The number of furan rings is 1. The van der Waals surface area contributed by atoms with Gasteiger partial charge in [0.2, 0.25) is 0 Å². The zero-order chi connectivity index (χ0) is 35.5. The molecule has 1 aromatic heterocycles. The number of hydrogen-bond acceptors (Lipinski definition) is 1. The van der Waals surface area contributed by atoms with Gasteiger partial charge < -0.3 is 4.42 Å². The van der Waals surface area contributed by atoms with Crippen LogP contribution >= 0.6 is 0 Å². The van der Waals surface area contributed by atoms with Crippen molar-refractivity contribution in [2.45, 2.75) is 0 Å². The van der Waals surface area contributed by atoms with Gasteiger partial charge in [0.1, 0.15) is 11.2 Å². The predicted molar refractivity (Wildman–Crippen MR) is 228 cm³/mol. The largest absolute Gasteiger partial charge is 0.455 e. The average molecular weight is 675 g/mol. The maximum absolute atomic E-state index is 6.58. The van der Waals surface area contributed by atoms with Gasteiger partial charge in [-0.2, -0.15) is 0 Å². The monoisotopic (exact) mass is 674 g/mol. The van der Waals surface area contributed by atoms with E-state index in [-0.39, 0.29) is 0 Å². The molecule has 0 radical (unpaired) electrons. The molecule has 0 N–H and O–H groups in total. The molecular formula is C52H34O. The molecule has 0 saturated heterocycles. The topological polar surface area (TPSA) is 13.1 Å². The summed E-state index contributed by atoms with van der Waals surface area (Å²) in [6.45, 7) is 8.02. The van der Waals surface area contributed by atoms with Crippen molar-refractivity contribution in [1.29, 1.82) is 0 Å². The second kappa shape index (κ2) is 12.4. The Morgan fingerprint density at radius 3 is 1.58 bits per heavy atom. The highest BCUT2D eigenvalue weighted by Crippen LogP contribution is 2.46. The molecule has 0 spiro atoms. The maximum Gasteiger partial charge on any atom is 0.143 e. The van der Waals surface area contributed by atoms with Crippen molar-refractivity contribution in [2.24, 2.45) is 0 Å². The van der Waals surface area contributed by atoms with Gasteiger partial charge in [-0.05, 0) is 107 Å². The van der Waals surface area contributed by atoms with E-state index < -0.39 is 0 Å². The minimum atomic E-state index is 0.910. The van der Waals surface area contributed by atoms with E-state index >= 15 is 0 Å². The van der Waals surface area contributed by atoms with Gasteiger partial charge in [0.25, 0.3) is 0 Å². The van der Waals surface area contributed by atoms with Crippen LogP contribution in [-0.2, 0) is 0 Å². The Bertz CT molecular complexity index is 3030. The third-order valence-electron chi connectivity index (χ3n) is 10.8. The fourth-order valence-electron chi connectivity index (χ4n) is 8.33. The number of para-hydroxylation sites is 1. The third-order valence-corrected chi connectivity index (χ3v) is 10.8. The van der Waals surface area contributed by atoms with Gasteiger partial charge >= 0.3 is 0 Å². The van der Waals surface area contributed by atoms with Crippen molar-refractivity contribution in [1.82, 2.24) is 0 Å². The number of benzene rings is 9. The Labute approximate surface area is 308 Å². The summed E-state index contributed by atoms with van der Waals surface area (Å²) in [5, 5.41) is 9.66. The van der Waals surface area contributed by atoms with Gasteiger partial charge in [0, 0.05) is 16.3 Å². The molecule has 0 unspecified atom stereocenters. The first-order chi connectivity index (χ1) is 26.2. The van der Waals surface area contributed by atoms with Crippen LogP contribution in [0.1, 0.15) is 11.1 Å². The van der Waals surface area contributed by atoms with Gasteiger partial charge in [-0.1, -0.05) is 171 Å². The maximum atomic E-state index is 6.58. The molecule has 10 aromatic rings. The predicted octanol–water partition coefficient (Wildman–Crippen LogP) is 15.0. The van der Waals surface area contributed by atoms with Crippen LogP contribution in [0.2, 0.25) is 0 Å². The van der Waals surface area contributed by atoms with Crippen molar-refractivity contribution in [3.05, 3.63) is 194 Å². The van der Waals surface area contributed by atoms with Gasteiger partial charge in [-0.25, -0.2) is 0 Å². The van der Waals surface area contributed by atoms with E-state index in [1.165, 1.54) is 65.5 Å². The highest BCUT2D eigenvalue weighted by molar-refractivity contribution is 6.23. The molecule has 248 valence electrons. The summed E-state index contributed by atoms with van der Waals surface area (Å²) in [5.41, 5.74) is 13.4. The van der Waals surface area contributed by atoms with E-state index in [9.17, 15) is 0 Å². The molecule has 0 atom stereocenters. The number of rotatable bonds is 6. The van der Waals surface area contributed by atoms with Crippen LogP contribution in [0.3, 0.4) is 0 Å². The molecule has 0 aliphatic heterocycles. The lowest BCUT2D eigenvalue weighted by atomic mass is 9.85. The normalized spacial score (nSPS) is 11.5. The Morgan fingerprint density at radius 1 is 0.377 bits per heavy atom. The summed E-state index contributed by atoms with van der Waals surface area (Å²) in [5.74, 6) is 0. The fraction of sp³-hybridized carbons (Fsp3) is 0. The van der Waals surface area contributed by atoms with E-state index in [2.05, 4.69) is 177 Å². The summed E-state index contributed by atoms with van der Waals surface area (Å²) in [6, 6.07) is 61.4. The Balaban J connectivity index is 1.14. The lowest BCUT2D eigenvalue weighted by molar-refractivity contribution is 0.670. The smallest absolute Gasteiger partial charge is 0.143 e. The molecule has 0 aliphatic rings. The molecule has 1 heterocycles. The van der Waals surface area contributed by atoms with Gasteiger partial charge in [-0.3, -0.25) is 0 Å². The second-order valence-corrected chi connectivity index (χ2v) is 13.7. The summed E-state index contributed by atoms with van der Waals surface area (Å²) in [4.78, 5) is 0. The summed E-state index contributed by atoms with van der Waals surface area (Å²) < 4.78 is 6.58. The van der Waals surface area contributed by atoms with Crippen LogP contribution in [0.5, 0.6) is 0 Å². The molecule has 1 nitrogen and oxygen atoms in total. The first-order valence-electron chi connectivity index (χ1n) is 18.1. The highest BCUT2D eigenvalue weighted by Gasteiger charge is 2.19. The molecule has 0 aliphatic carbocycles. The fourth-order valence-corrected chi connectivity index (χ4v) is 8.33. The van der Waals surface area contributed by atoms with Crippen LogP contribution < -0.4 is 0 Å². The van der Waals surface area contributed by atoms with Crippen LogP contribution in [0.4, 0.5) is 0 Å². The molecule has 0 saturated carbocycles. The lowest BCUT2D eigenvalue weighted by Crippen LogP contribution is -1.91. The first-order valence-corrected chi connectivity index (χ1v) is 18.1. The van der Waals surface area contributed by atoms with Gasteiger partial charge in [0.05, 0.1) is 0 Å². The Morgan fingerprint density at radius 2 is 0.906 bits per heavy atom. The van der Waals surface area contributed by atoms with Crippen LogP contribution in [-0.4, -0.2) is 0 Å². The van der Waals surface area contributed by atoms with Crippen LogP contribution in [0.15, 0.2) is 187 Å². The van der Waals surface area contributed by atoms with Crippen LogP contribution in [0, 0.1) is 0 Å². The molecule has 53 heavy (non-hydrogen) atoms. The molecular weight excluding hydrogens is 641 g/mol. The Kier molecular flexibility index (Phi) is 7.19. The lowest BCUT2D eigenvalue weighted by Gasteiger charge is -2.18. The SMILES string of the molecule is C=Cc1ccc(-c2cccc(-c3c4ccccc4c(-c4ccc(-c5cc6ccccc6c6c5oc5ccccc56)cc4)c4ccccc34)c2)cc1C=C. The van der Waals surface area contributed by atoms with Crippen molar-refractivity contribution in [2.75, 3.05) is 0 Å². The minimum absolute atomic E-state index is 0.910. The molecule has 1 heteroatoms. The quantitative estimate of drug-likeness (QED) is 0.160. The second-order valence-electron chi connectivity index (χ2n) is 13.7. The van der Waals surface area contributed by atoms with Gasteiger partial charge in [0.15, 0.2) is 0 Å². The molecule has 10 rings (SSSR count). The van der Waals surface area contributed by atoms with Crippen molar-refractivity contribution in [3.63, 3.8) is 0 Å². The molecule has 0 bridgehead atoms. The standard InChI is InChI=1S/C52H34O/c1-3-33-24-29-38(30-34(33)4-2)37-15-13-16-40(31-37)50-44-20-9-7-18-42(44)49(43-19-8-10-21-45(43)50)36-27-25-35(26-28-36)47-32-39-14-5-6-17-41(39)51-46-22-11-12-23-48(46)53-52(47)51/h3-32H,1-2H2. The van der Waals surface area contributed by atoms with E-state index in [4.69, 9.17) is 4.42 Å². The van der Waals surface area contributed by atoms with E-state index in [0.717, 1.165) is 44.4 Å². The first kappa shape index (κ1) is 30.8. The van der Waals surface area contributed by atoms with E-state index in [0.29, 0.717) is 0 Å². The Hall–Kier alpha value is -6.96. The summed E-state index contributed by atoms with van der Waals surface area (Å²) in [6.07, 6.45) is 3.78. The average Bonchev–Trinajstić information content (AvgIpc) is 3.62. The van der Waals surface area contributed by atoms with E-state index in [1.54, 1.807) is 0 Å². The third kappa shape index (κ3) is 4.93. The number of hydrogen-bond donors (Lipinski definition) is 0. The molecule has 9 aromatic carbocycles. The summed E-state index contributed by atoms with van der Waals surface area (Å²) in [7, 11) is 0. The molecule has 0 fully saturated rings. The zero-order valence-electron chi connectivity index (χ0n) is 29.1. The minimum Gasteiger partial charge on any atom is -0.455 e.